The van der Waals surface area contributed by atoms with E-state index in [1.807, 2.05) is 0 Å². The van der Waals surface area contributed by atoms with E-state index in [2.05, 4.69) is 10.6 Å². The Bertz CT molecular complexity index is 281. The first-order valence-corrected chi connectivity index (χ1v) is 5.38. The second-order valence-electron chi connectivity index (χ2n) is 4.17. The summed E-state index contributed by atoms with van der Waals surface area (Å²) in [5.74, 6) is -0.713. The molecule has 0 aliphatic carbocycles. The first-order valence-electron chi connectivity index (χ1n) is 5.38. The van der Waals surface area contributed by atoms with Gasteiger partial charge in [-0.25, -0.2) is 0 Å². The van der Waals surface area contributed by atoms with E-state index < -0.39 is 36.5 Å². The van der Waals surface area contributed by atoms with Gasteiger partial charge in [0, 0.05) is 13.8 Å². The van der Waals surface area contributed by atoms with Crippen LogP contribution in [0.1, 0.15) is 20.8 Å². The highest BCUT2D eigenvalue weighted by molar-refractivity contribution is 5.74. The molecule has 98 valence electrons. The number of amides is 2. The lowest BCUT2D eigenvalue weighted by molar-refractivity contribution is -0.214. The van der Waals surface area contributed by atoms with Crippen molar-refractivity contribution in [2.24, 2.45) is 0 Å². The Balaban J connectivity index is 2.78. The number of carbonyl (C=O) groups is 2. The van der Waals surface area contributed by atoms with E-state index in [4.69, 9.17) is 4.74 Å². The third kappa shape index (κ3) is 3.39. The predicted octanol–water partition coefficient (Wildman–Crippen LogP) is -1.91. The van der Waals surface area contributed by atoms with Crippen LogP contribution in [0.3, 0.4) is 0 Å². The molecule has 0 saturated carbocycles. The third-order valence-electron chi connectivity index (χ3n) is 2.64. The number of ether oxygens (including phenoxy) is 1. The van der Waals surface area contributed by atoms with Crippen molar-refractivity contribution in [3.05, 3.63) is 0 Å². The first-order chi connectivity index (χ1) is 7.82. The number of nitrogens with one attached hydrogen (secondary N) is 2. The second kappa shape index (κ2) is 5.44. The van der Waals surface area contributed by atoms with Crippen LogP contribution in [0, 0.1) is 0 Å². The van der Waals surface area contributed by atoms with E-state index in [1.54, 1.807) is 6.92 Å². The van der Waals surface area contributed by atoms with E-state index in [9.17, 15) is 19.8 Å². The highest BCUT2D eigenvalue weighted by atomic mass is 16.6. The van der Waals surface area contributed by atoms with Gasteiger partial charge in [-0.15, -0.1) is 0 Å². The maximum Gasteiger partial charge on any atom is 0.217 e. The van der Waals surface area contributed by atoms with Gasteiger partial charge in [-0.05, 0) is 6.92 Å². The molecule has 7 nitrogen and oxygen atoms in total. The molecule has 0 aromatic carbocycles. The predicted molar refractivity (Wildman–Crippen MR) is 57.8 cm³/mol. The van der Waals surface area contributed by atoms with E-state index in [0.717, 1.165) is 0 Å². The zero-order valence-electron chi connectivity index (χ0n) is 10.0. The van der Waals surface area contributed by atoms with Crippen molar-refractivity contribution in [1.29, 1.82) is 0 Å². The maximum absolute atomic E-state index is 11.0. The summed E-state index contributed by atoms with van der Waals surface area (Å²) in [6, 6.07) is -1.63. The second-order valence-corrected chi connectivity index (χ2v) is 4.17. The molecule has 7 heteroatoms. The molecule has 0 bridgehead atoms. The van der Waals surface area contributed by atoms with Crippen LogP contribution in [0.15, 0.2) is 0 Å². The summed E-state index contributed by atoms with van der Waals surface area (Å²) < 4.78 is 5.15. The highest BCUT2D eigenvalue weighted by Gasteiger charge is 2.43. The zero-order chi connectivity index (χ0) is 13.2. The fraction of sp³-hybridized carbons (Fsp3) is 0.800. The molecule has 1 heterocycles. The third-order valence-corrected chi connectivity index (χ3v) is 2.64. The molecule has 17 heavy (non-hydrogen) atoms. The molecule has 1 fully saturated rings. The summed E-state index contributed by atoms with van der Waals surface area (Å²) >= 11 is 0. The number of aliphatic hydroxyl groups excluding tert-OH is 2. The van der Waals surface area contributed by atoms with Gasteiger partial charge in [0.15, 0.2) is 6.29 Å². The van der Waals surface area contributed by atoms with Gasteiger partial charge in [-0.2, -0.15) is 0 Å². The van der Waals surface area contributed by atoms with Gasteiger partial charge >= 0.3 is 0 Å². The number of aliphatic hydroxyl groups is 2. The molecule has 1 unspecified atom stereocenters. The van der Waals surface area contributed by atoms with Crippen molar-refractivity contribution in [3.8, 4) is 0 Å². The van der Waals surface area contributed by atoms with Crippen LogP contribution in [0.25, 0.3) is 0 Å². The lowest BCUT2D eigenvalue weighted by Gasteiger charge is -2.42. The Hall–Kier alpha value is -1.18. The monoisotopic (exact) mass is 246 g/mol. The molecule has 1 rings (SSSR count). The number of rotatable bonds is 2. The largest absolute Gasteiger partial charge is 0.389 e. The van der Waals surface area contributed by atoms with Gasteiger partial charge in [-0.3, -0.25) is 9.59 Å². The summed E-state index contributed by atoms with van der Waals surface area (Å²) in [6.45, 7) is 4.21. The number of carbonyl (C=O) groups excluding carboxylic acids is 2. The minimum atomic E-state index is -1.30. The van der Waals surface area contributed by atoms with Crippen LogP contribution in [-0.2, 0) is 14.3 Å². The standard InChI is InChI=1S/C10H18N2O5/c1-4-7(11-5(2)13)9(15)8(10(16)17-4)12-6(3)14/h4,7-10,15-16H,1-3H3,(H,11,13)(H,12,14)/t4-,7+,8+,9+,10?/m1/s1. The van der Waals surface area contributed by atoms with Crippen molar-refractivity contribution in [1.82, 2.24) is 10.6 Å². The molecule has 0 aromatic heterocycles. The summed E-state index contributed by atoms with van der Waals surface area (Å²) in [5.41, 5.74) is 0. The van der Waals surface area contributed by atoms with Gasteiger partial charge in [0.1, 0.15) is 12.1 Å². The van der Waals surface area contributed by atoms with E-state index in [0.29, 0.717) is 0 Å². The van der Waals surface area contributed by atoms with Gasteiger partial charge in [0.2, 0.25) is 11.8 Å². The van der Waals surface area contributed by atoms with Crippen molar-refractivity contribution < 1.29 is 24.5 Å². The fourth-order valence-electron chi connectivity index (χ4n) is 1.89. The van der Waals surface area contributed by atoms with Gasteiger partial charge in [-0.1, -0.05) is 0 Å². The highest BCUT2D eigenvalue weighted by Crippen LogP contribution is 2.19. The zero-order valence-corrected chi connectivity index (χ0v) is 10.0. The van der Waals surface area contributed by atoms with Crippen molar-refractivity contribution in [3.63, 3.8) is 0 Å². The van der Waals surface area contributed by atoms with Gasteiger partial charge in [0.05, 0.1) is 12.1 Å². The molecule has 4 N–H and O–H groups in total. The summed E-state index contributed by atoms with van der Waals surface area (Å²) in [7, 11) is 0. The van der Waals surface area contributed by atoms with Crippen LogP contribution >= 0.6 is 0 Å². The Morgan fingerprint density at radius 3 is 2.00 bits per heavy atom. The van der Waals surface area contributed by atoms with E-state index in [-0.39, 0.29) is 5.91 Å². The van der Waals surface area contributed by atoms with Gasteiger partial charge in [0.25, 0.3) is 0 Å². The normalized spacial score (nSPS) is 37.4. The quantitative estimate of drug-likeness (QED) is 0.455. The number of hydrogen-bond acceptors (Lipinski definition) is 5. The van der Waals surface area contributed by atoms with Gasteiger partial charge < -0.3 is 25.6 Å². The fourth-order valence-corrected chi connectivity index (χ4v) is 1.89. The molecule has 0 aromatic rings. The first kappa shape index (κ1) is 13.9. The minimum Gasteiger partial charge on any atom is -0.389 e. The van der Waals surface area contributed by atoms with Crippen molar-refractivity contribution in [2.75, 3.05) is 0 Å². The van der Waals surface area contributed by atoms with Crippen LogP contribution in [0.5, 0.6) is 0 Å². The van der Waals surface area contributed by atoms with E-state index >= 15 is 0 Å². The summed E-state index contributed by atoms with van der Waals surface area (Å²) in [6.07, 6.45) is -2.95. The minimum absolute atomic E-state index is 0.317. The molecule has 2 amide bonds. The van der Waals surface area contributed by atoms with Crippen molar-refractivity contribution in [2.45, 2.75) is 51.4 Å². The molecule has 0 spiro atoms. The maximum atomic E-state index is 11.0. The summed E-state index contributed by atoms with van der Waals surface area (Å²) in [4.78, 5) is 21.9. The topological polar surface area (TPSA) is 108 Å². The van der Waals surface area contributed by atoms with E-state index in [1.165, 1.54) is 13.8 Å². The number of hydrogen-bond donors (Lipinski definition) is 4. The molecule has 0 radical (unpaired) electrons. The lowest BCUT2D eigenvalue weighted by Crippen LogP contribution is -2.66. The Morgan fingerprint density at radius 1 is 1.06 bits per heavy atom. The lowest BCUT2D eigenvalue weighted by atomic mass is 9.95. The summed E-state index contributed by atoms with van der Waals surface area (Å²) in [5, 5.41) is 24.5. The van der Waals surface area contributed by atoms with Crippen LogP contribution in [0.2, 0.25) is 0 Å². The smallest absolute Gasteiger partial charge is 0.217 e. The average molecular weight is 246 g/mol. The van der Waals surface area contributed by atoms with Crippen molar-refractivity contribution >= 4 is 11.8 Å². The van der Waals surface area contributed by atoms with Crippen LogP contribution < -0.4 is 10.6 Å². The Morgan fingerprint density at radius 2 is 1.53 bits per heavy atom. The molecule has 5 atom stereocenters. The average Bonchev–Trinajstić information content (AvgIpc) is 2.18. The molecule has 1 saturated heterocycles. The SMILES string of the molecule is CC(=O)N[C@@H]1[C@H](O)[C@H](NC(C)=O)C(O)O[C@@H]1C. The molecule has 1 aliphatic rings. The molecular weight excluding hydrogens is 228 g/mol. The Labute approximate surface area is 99.1 Å². The molecule has 1 aliphatic heterocycles. The Kier molecular flexibility index (Phi) is 4.44. The van der Waals surface area contributed by atoms with Crippen LogP contribution in [-0.4, -0.2) is 52.6 Å². The molecular formula is C10H18N2O5. The van der Waals surface area contributed by atoms with Crippen LogP contribution in [0.4, 0.5) is 0 Å².